The second kappa shape index (κ2) is 55.9. The number of nitro benzene ring substituents is 1. The van der Waals surface area contributed by atoms with Gasteiger partial charge in [0.15, 0.2) is 0 Å². The lowest BCUT2D eigenvalue weighted by molar-refractivity contribution is -0.384. The molecule has 7 aromatic carbocycles. The summed E-state index contributed by atoms with van der Waals surface area (Å²) in [5.74, 6) is 9.61. The third kappa shape index (κ3) is 36.8. The minimum atomic E-state index is -3.27. The summed E-state index contributed by atoms with van der Waals surface area (Å²) in [6.45, 7) is 5.44. The van der Waals surface area contributed by atoms with Gasteiger partial charge in [0.05, 0.1) is 18.3 Å². The Morgan fingerprint density at radius 3 is 0.864 bits per heavy atom. The zero-order chi connectivity index (χ0) is 102. The molecule has 7 aromatic heterocycles. The van der Waals surface area contributed by atoms with E-state index in [1.54, 1.807) is 137 Å². The summed E-state index contributed by atoms with van der Waals surface area (Å²) in [6.07, 6.45) is 14.0. The zero-order valence-corrected chi connectivity index (χ0v) is 79.5. The third-order valence-corrected chi connectivity index (χ3v) is 20.4. The molecule has 7 heterocycles. The molecule has 34 heteroatoms. The smallest absolute Gasteiger partial charge is 0.412 e. The number of nitrogens with zero attached hydrogens (tertiary/aromatic N) is 3. The molecule has 0 aliphatic rings. The van der Waals surface area contributed by atoms with E-state index in [9.17, 15) is 76.1 Å². The van der Waals surface area contributed by atoms with Crippen molar-refractivity contribution in [3.05, 3.63) is 322 Å². The quantitative estimate of drug-likeness (QED) is 0.0137. The van der Waals surface area contributed by atoms with Gasteiger partial charge in [0.25, 0.3) is 17.5 Å². The molecule has 33 nitrogen and oxygen atoms in total. The number of anilines is 3. The van der Waals surface area contributed by atoms with E-state index in [4.69, 9.17) is 46.2 Å². The molecule has 0 spiro atoms. The first-order valence-corrected chi connectivity index (χ1v) is 46.0. The SMILES string of the molecule is CC(C)(C)OC(=O)Nc1ccc(-c2ccc(CCC=O)o2)cc1.CN(C)C(=O)Nc1ccc(-c2ccc(CCC=O)o2)cc1.CNC(=O)c1ccc(-c2ccc(CCC=O)o2)cc1.CON(C)C(=O)c1ccc(-c2ccc(CCC=O)o2)cc1.CS(=O)(=O)Nc1ccc(-c2ccc(CCC=O)o2)cc1.NC(=O)c1ccc(-c2ccc(CCC=O)o2)cc1.O=CCCc1ccc(-c2ccc([N+](=O)[O-])cc2)o1. The molecule has 0 radical (unpaired) electrons. The highest BCUT2D eigenvalue weighted by molar-refractivity contribution is 7.92. The number of carbonyl (C=O) groups is 12. The highest BCUT2D eigenvalue weighted by Gasteiger charge is 2.20. The lowest BCUT2D eigenvalue weighted by atomic mass is 10.1. The Morgan fingerprint density at radius 2 is 0.629 bits per heavy atom. The number of aldehydes is 7. The maximum Gasteiger partial charge on any atom is 0.412 e. The fraction of sp³-hybridized carbons (Fsp3) is 0.226. The Hall–Kier alpha value is -16.8. The number of hydroxylamine groups is 2. The van der Waals surface area contributed by atoms with Gasteiger partial charge in [-0.25, -0.2) is 23.1 Å². The molecule has 0 saturated heterocycles. The number of hydrogen-bond acceptors (Lipinski definition) is 25. The van der Waals surface area contributed by atoms with E-state index < -0.39 is 32.5 Å². The van der Waals surface area contributed by atoms with E-state index >= 15 is 0 Å². The summed E-state index contributed by atoms with van der Waals surface area (Å²) in [5, 5.41) is 19.7. The molecule has 14 rings (SSSR count). The number of primary amides is 1. The van der Waals surface area contributed by atoms with Crippen molar-refractivity contribution < 1.29 is 111 Å². The second-order valence-corrected chi connectivity index (χ2v) is 33.6. The first-order valence-electron chi connectivity index (χ1n) is 44.1. The van der Waals surface area contributed by atoms with Gasteiger partial charge in [0, 0.05) is 203 Å². The van der Waals surface area contributed by atoms with Crippen molar-refractivity contribution in [1.29, 1.82) is 0 Å². The number of nitro groups is 1. The molecule has 6 N–H and O–H groups in total. The first-order chi connectivity index (χ1) is 67.2. The first kappa shape index (κ1) is 109. The lowest BCUT2D eigenvalue weighted by Gasteiger charge is -2.19. The van der Waals surface area contributed by atoms with Gasteiger partial charge in [-0.05, 0) is 227 Å². The topological polar surface area (TPSA) is 473 Å². The fourth-order valence-corrected chi connectivity index (χ4v) is 13.2. The molecule has 0 atom stereocenters. The van der Waals surface area contributed by atoms with Crippen LogP contribution in [0.2, 0.25) is 0 Å². The van der Waals surface area contributed by atoms with Crippen LogP contribution in [-0.4, -0.2) is 144 Å². The molecular formula is C106H110N8O25S. The normalized spacial score (nSPS) is 10.5. The summed E-state index contributed by atoms with van der Waals surface area (Å²) in [5.41, 5.74) is 14.3. The predicted molar refractivity (Wildman–Crippen MR) is 528 cm³/mol. The molecule has 0 aliphatic carbocycles. The second-order valence-electron chi connectivity index (χ2n) is 31.8. The summed E-state index contributed by atoms with van der Waals surface area (Å²) in [6, 6.07) is 74.6. The van der Waals surface area contributed by atoms with Crippen molar-refractivity contribution in [2.75, 3.05) is 56.9 Å². The standard InChI is InChI=1S/C18H21NO4.C16H18N2O3.C16H17NO4.C15H15NO3.C14H15NO4S.C14H13NO3.C13H11NO4/c1-18(2,3)23-17(21)19-14-8-6-13(7-9-14)16-11-10-15(22-16)5-4-12-20;1-18(2)16(20)17-13-7-5-12(6-8-13)15-10-9-14(21-15)4-3-11-19;1-17(20-2)16(19)13-7-5-12(6-8-13)15-10-9-14(21-15)4-3-11-18;1-16-15(18)12-6-4-11(5-7-12)14-9-8-13(19-14)3-2-10-17;1-20(17,18)15-12-6-4-11(5-7-12)14-9-8-13(19-14)3-2-10-16;15-14(17)11-5-3-10(4-6-11)13-8-7-12(18-13)2-1-9-16;15-9-1-2-12-7-8-13(18-12)10-3-5-11(6-4-10)14(16)17/h6-12H,4-5H2,1-3H3,(H,19,21);5-11H,3-4H2,1-2H3,(H,17,20);5-11H,3-4H2,1-2H3;4-10H,2-3H2,1H3,(H,16,18);4-10,15H,2-3H2,1H3;3-9H,1-2H2,(H2,15,17);3-9H,1-2H2. The Kier molecular flexibility index (Phi) is 43.4. The number of hydrogen-bond donors (Lipinski definition) is 5. The molecule has 0 bridgehead atoms. The Balaban J connectivity index is 0.000000200. The van der Waals surface area contributed by atoms with Crippen LogP contribution in [0.4, 0.5) is 32.3 Å². The largest absolute Gasteiger partial charge is 0.461 e. The molecule has 0 saturated carbocycles. The molecule has 140 heavy (non-hydrogen) atoms. The van der Waals surface area contributed by atoms with Crippen LogP contribution in [0.15, 0.2) is 286 Å². The lowest BCUT2D eigenvalue weighted by Crippen LogP contribution is -2.27. The number of nitrogens with one attached hydrogen (secondary N) is 4. The van der Waals surface area contributed by atoms with Crippen molar-refractivity contribution in [1.82, 2.24) is 15.3 Å². The van der Waals surface area contributed by atoms with Crippen LogP contribution in [0, 0.1) is 10.1 Å². The Labute approximate surface area is 808 Å². The molecule has 6 amide bonds. The third-order valence-electron chi connectivity index (χ3n) is 19.8. The Morgan fingerprint density at radius 1 is 0.379 bits per heavy atom. The van der Waals surface area contributed by atoms with Crippen molar-refractivity contribution in [2.45, 2.75) is 116 Å². The van der Waals surface area contributed by atoms with Crippen LogP contribution in [0.25, 0.3) is 79.3 Å². The van der Waals surface area contributed by atoms with Crippen LogP contribution < -0.4 is 26.4 Å². The highest BCUT2D eigenvalue weighted by atomic mass is 32.2. The number of non-ortho nitro benzene ring substituents is 1. The van der Waals surface area contributed by atoms with Crippen LogP contribution in [0.3, 0.4) is 0 Å². The molecule has 14 aromatic rings. The molecule has 730 valence electrons. The summed E-state index contributed by atoms with van der Waals surface area (Å²) >= 11 is 0. The Bertz CT molecular complexity index is 6350. The number of sulfonamides is 1. The number of nitrogens with two attached hydrogens (primary N) is 1. The van der Waals surface area contributed by atoms with E-state index in [1.807, 2.05) is 154 Å². The number of ether oxygens (including phenoxy) is 1. The number of urea groups is 1. The van der Waals surface area contributed by atoms with Crippen LogP contribution in [0.1, 0.15) is 137 Å². The van der Waals surface area contributed by atoms with Gasteiger partial charge in [-0.2, -0.15) is 0 Å². The predicted octanol–water partition coefficient (Wildman–Crippen LogP) is 20.4. The number of aryl methyl sites for hydroxylation is 7. The van der Waals surface area contributed by atoms with Gasteiger partial charge >= 0.3 is 12.1 Å². The molecular weight excluding hydrogens is 1820 g/mol. The van der Waals surface area contributed by atoms with Crippen molar-refractivity contribution in [2.24, 2.45) is 5.73 Å². The molecule has 0 fully saturated rings. The van der Waals surface area contributed by atoms with Gasteiger partial charge in [-0.15, -0.1) is 0 Å². The van der Waals surface area contributed by atoms with Crippen LogP contribution in [-0.2, 0) is 98.1 Å². The van der Waals surface area contributed by atoms with Crippen molar-refractivity contribution in [3.8, 4) is 79.3 Å². The van der Waals surface area contributed by atoms with Crippen molar-refractivity contribution in [3.63, 3.8) is 0 Å². The van der Waals surface area contributed by atoms with E-state index in [-0.39, 0.29) is 23.5 Å². The number of carbonyl (C=O) groups excluding carboxylic acids is 12. The molecule has 0 unspecified atom stereocenters. The van der Waals surface area contributed by atoms with Crippen LogP contribution >= 0.6 is 0 Å². The number of furan rings is 7. The van der Waals surface area contributed by atoms with Gasteiger partial charge in [-0.1, -0.05) is 36.4 Å². The fourth-order valence-electron chi connectivity index (χ4n) is 12.6. The maximum atomic E-state index is 11.9. The number of rotatable bonds is 37. The van der Waals surface area contributed by atoms with Gasteiger partial charge in [-0.3, -0.25) is 39.4 Å². The highest BCUT2D eigenvalue weighted by Crippen LogP contribution is 2.32. The van der Waals surface area contributed by atoms with Gasteiger partial charge in [0.2, 0.25) is 15.9 Å². The van der Waals surface area contributed by atoms with E-state index in [0.717, 1.165) is 158 Å². The molecule has 0 aliphatic heterocycles. The van der Waals surface area contributed by atoms with E-state index in [1.165, 1.54) is 29.2 Å². The monoisotopic (exact) mass is 1930 g/mol. The maximum absolute atomic E-state index is 11.9. The average molecular weight is 1930 g/mol. The average Bonchev–Trinajstić information content (AvgIpc) is 1.83. The van der Waals surface area contributed by atoms with Gasteiger partial charge in [0.1, 0.15) is 130 Å². The number of amides is 6. The van der Waals surface area contributed by atoms with Crippen LogP contribution in [0.5, 0.6) is 0 Å². The number of benzene rings is 7. The summed E-state index contributed by atoms with van der Waals surface area (Å²) < 4.78 is 69.2. The van der Waals surface area contributed by atoms with Gasteiger partial charge < -0.3 is 90.5 Å². The zero-order valence-electron chi connectivity index (χ0n) is 78.7. The summed E-state index contributed by atoms with van der Waals surface area (Å²) in [7, 11) is 4.71. The minimum Gasteiger partial charge on any atom is -0.461 e. The van der Waals surface area contributed by atoms with E-state index in [2.05, 4.69) is 20.7 Å². The van der Waals surface area contributed by atoms with Crippen molar-refractivity contribution >= 4 is 107 Å². The van der Waals surface area contributed by atoms with E-state index in [0.29, 0.717) is 135 Å². The minimum absolute atomic E-state index is 0.0477. The summed E-state index contributed by atoms with van der Waals surface area (Å²) in [4.78, 5) is 146.